The Kier molecular flexibility index (Phi) is 7.44. The maximum absolute atomic E-state index is 6.76. The zero-order chi connectivity index (χ0) is 19.2. The number of rotatable bonds is 9. The van der Waals surface area contributed by atoms with Crippen LogP contribution in [-0.4, -0.2) is 22.2 Å². The predicted octanol–water partition coefficient (Wildman–Crippen LogP) is 5.17. The van der Waals surface area contributed by atoms with E-state index in [4.69, 9.17) is 13.9 Å². The normalized spacial score (nSPS) is 12.0. The summed E-state index contributed by atoms with van der Waals surface area (Å²) >= 11 is 0. The third-order valence-electron chi connectivity index (χ3n) is 4.96. The summed E-state index contributed by atoms with van der Waals surface area (Å²) in [4.78, 5) is 0. The van der Waals surface area contributed by atoms with Crippen LogP contribution in [-0.2, 0) is 15.8 Å². The van der Waals surface area contributed by atoms with Gasteiger partial charge in [-0.15, -0.1) is 0 Å². The second kappa shape index (κ2) is 9.35. The molecule has 0 aliphatic heterocycles. The van der Waals surface area contributed by atoms with Crippen LogP contribution in [0, 0.1) is 6.92 Å². The molecule has 0 aromatic heterocycles. The maximum atomic E-state index is 6.76. The van der Waals surface area contributed by atoms with Crippen molar-refractivity contribution in [3.05, 3.63) is 59.7 Å². The van der Waals surface area contributed by atoms with Crippen molar-refractivity contribution in [2.24, 2.45) is 0 Å². The minimum absolute atomic E-state index is 0.264. The highest BCUT2D eigenvalue weighted by Crippen LogP contribution is 2.34. The SMILES string of the molecule is COCOc1ccc([Si](OCc2ccc(C)cc2)(C(C)C)C(C)C)cc1. The molecule has 0 N–H and O–H groups in total. The summed E-state index contributed by atoms with van der Waals surface area (Å²) in [5, 5.41) is 1.32. The molecule has 0 heterocycles. The van der Waals surface area contributed by atoms with E-state index in [1.165, 1.54) is 16.3 Å². The summed E-state index contributed by atoms with van der Waals surface area (Å²) in [5.41, 5.74) is 3.45. The van der Waals surface area contributed by atoms with Gasteiger partial charge >= 0.3 is 0 Å². The standard InChI is InChI=1S/C22H32O3Si/c1-17(2)26(18(3)4,25-15-20-9-7-19(5)8-10-20)22-13-11-21(12-14-22)24-16-23-6/h7-14,17-18H,15-16H2,1-6H3. The van der Waals surface area contributed by atoms with Crippen molar-refractivity contribution < 1.29 is 13.9 Å². The van der Waals surface area contributed by atoms with E-state index in [9.17, 15) is 0 Å². The van der Waals surface area contributed by atoms with E-state index in [0.29, 0.717) is 17.7 Å². The summed E-state index contributed by atoms with van der Waals surface area (Å²) in [6.45, 7) is 12.2. The van der Waals surface area contributed by atoms with Gasteiger partial charge in [0.25, 0.3) is 0 Å². The number of benzene rings is 2. The van der Waals surface area contributed by atoms with Gasteiger partial charge in [0.2, 0.25) is 8.32 Å². The molecule has 0 bridgehead atoms. The van der Waals surface area contributed by atoms with Crippen molar-refractivity contribution in [2.75, 3.05) is 13.9 Å². The third-order valence-corrected chi connectivity index (χ3v) is 10.3. The summed E-state index contributed by atoms with van der Waals surface area (Å²) in [6, 6.07) is 17.0. The topological polar surface area (TPSA) is 27.7 Å². The van der Waals surface area contributed by atoms with Crippen molar-refractivity contribution in [3.63, 3.8) is 0 Å². The lowest BCUT2D eigenvalue weighted by Crippen LogP contribution is -2.55. The molecule has 0 spiro atoms. The van der Waals surface area contributed by atoms with Crippen LogP contribution in [0.4, 0.5) is 0 Å². The lowest BCUT2D eigenvalue weighted by molar-refractivity contribution is 0.0511. The van der Waals surface area contributed by atoms with Gasteiger partial charge in [0, 0.05) is 7.11 Å². The van der Waals surface area contributed by atoms with Gasteiger partial charge in [-0.25, -0.2) is 0 Å². The van der Waals surface area contributed by atoms with Gasteiger partial charge in [0.05, 0.1) is 6.61 Å². The highest BCUT2D eigenvalue weighted by atomic mass is 28.4. The van der Waals surface area contributed by atoms with Gasteiger partial charge in [0.1, 0.15) is 5.75 Å². The van der Waals surface area contributed by atoms with Crippen molar-refractivity contribution in [2.45, 2.75) is 52.3 Å². The van der Waals surface area contributed by atoms with E-state index in [-0.39, 0.29) is 6.79 Å². The Labute approximate surface area is 159 Å². The fourth-order valence-electron chi connectivity index (χ4n) is 3.58. The van der Waals surface area contributed by atoms with Gasteiger partial charge in [-0.1, -0.05) is 69.7 Å². The fourth-order valence-corrected chi connectivity index (χ4v) is 8.17. The molecule has 2 aromatic carbocycles. The van der Waals surface area contributed by atoms with Crippen LogP contribution in [0.3, 0.4) is 0 Å². The van der Waals surface area contributed by atoms with E-state index >= 15 is 0 Å². The van der Waals surface area contributed by atoms with E-state index in [1.54, 1.807) is 7.11 Å². The smallest absolute Gasteiger partial charge is 0.229 e. The van der Waals surface area contributed by atoms with E-state index in [1.807, 2.05) is 12.1 Å². The molecular weight excluding hydrogens is 340 g/mol. The summed E-state index contributed by atoms with van der Waals surface area (Å²) < 4.78 is 17.3. The molecule has 0 amide bonds. The zero-order valence-corrected chi connectivity index (χ0v) is 17.9. The average Bonchev–Trinajstić information content (AvgIpc) is 2.62. The van der Waals surface area contributed by atoms with Crippen molar-refractivity contribution in [1.82, 2.24) is 0 Å². The Hall–Kier alpha value is -1.62. The van der Waals surface area contributed by atoms with Gasteiger partial charge in [0.15, 0.2) is 6.79 Å². The summed E-state index contributed by atoms with van der Waals surface area (Å²) in [5.74, 6) is 0.824. The molecule has 3 nitrogen and oxygen atoms in total. The van der Waals surface area contributed by atoms with E-state index in [0.717, 1.165) is 5.75 Å². The molecule has 0 aliphatic carbocycles. The summed E-state index contributed by atoms with van der Waals surface area (Å²) in [7, 11) is -0.536. The number of hydrogen-bond donors (Lipinski definition) is 0. The molecule has 0 unspecified atom stereocenters. The number of hydrogen-bond acceptors (Lipinski definition) is 3. The molecule has 142 valence electrons. The molecule has 0 saturated carbocycles. The zero-order valence-electron chi connectivity index (χ0n) is 16.9. The Balaban J connectivity index is 2.27. The van der Waals surface area contributed by atoms with Gasteiger partial charge in [-0.2, -0.15) is 0 Å². The number of aryl methyl sites for hydroxylation is 1. The Morgan fingerprint density at radius 1 is 0.846 bits per heavy atom. The highest BCUT2D eigenvalue weighted by molar-refractivity contribution is 6.88. The van der Waals surface area contributed by atoms with E-state index in [2.05, 4.69) is 71.0 Å². The Bertz CT molecular complexity index is 655. The van der Waals surface area contributed by atoms with Gasteiger partial charge < -0.3 is 13.9 Å². The first-order valence-electron chi connectivity index (χ1n) is 9.32. The van der Waals surface area contributed by atoms with Crippen LogP contribution in [0.5, 0.6) is 5.75 Å². The molecule has 0 atom stereocenters. The van der Waals surface area contributed by atoms with Crippen molar-refractivity contribution in [1.29, 1.82) is 0 Å². The second-order valence-corrected chi connectivity index (χ2v) is 12.2. The second-order valence-electron chi connectivity index (χ2n) is 7.45. The lowest BCUT2D eigenvalue weighted by atomic mass is 10.2. The molecule has 0 fully saturated rings. The van der Waals surface area contributed by atoms with Crippen molar-refractivity contribution >= 4 is 13.5 Å². The van der Waals surface area contributed by atoms with Crippen molar-refractivity contribution in [3.8, 4) is 5.75 Å². The highest BCUT2D eigenvalue weighted by Gasteiger charge is 2.44. The van der Waals surface area contributed by atoms with Crippen LogP contribution in [0.15, 0.2) is 48.5 Å². The fraction of sp³-hybridized carbons (Fsp3) is 0.455. The molecule has 0 aliphatic rings. The van der Waals surface area contributed by atoms with Crippen LogP contribution in [0.25, 0.3) is 0 Å². The quantitative estimate of drug-likeness (QED) is 0.449. The average molecular weight is 373 g/mol. The van der Waals surface area contributed by atoms with E-state index < -0.39 is 8.32 Å². The van der Waals surface area contributed by atoms with Crippen LogP contribution >= 0.6 is 0 Å². The molecule has 2 rings (SSSR count). The largest absolute Gasteiger partial charge is 0.468 e. The minimum Gasteiger partial charge on any atom is -0.468 e. The first-order chi connectivity index (χ1) is 12.4. The molecule has 2 aromatic rings. The number of ether oxygens (including phenoxy) is 2. The lowest BCUT2D eigenvalue weighted by Gasteiger charge is -2.39. The first kappa shape index (κ1) is 20.7. The predicted molar refractivity (Wildman–Crippen MR) is 110 cm³/mol. The Morgan fingerprint density at radius 3 is 1.92 bits per heavy atom. The van der Waals surface area contributed by atoms with Gasteiger partial charge in [-0.05, 0) is 40.9 Å². The van der Waals surface area contributed by atoms with Crippen LogP contribution in [0.1, 0.15) is 38.8 Å². The van der Waals surface area contributed by atoms with Gasteiger partial charge in [-0.3, -0.25) is 0 Å². The monoisotopic (exact) mass is 372 g/mol. The first-order valence-corrected chi connectivity index (χ1v) is 11.4. The third kappa shape index (κ3) is 4.75. The molecule has 0 radical (unpaired) electrons. The Morgan fingerprint density at radius 2 is 1.42 bits per heavy atom. The van der Waals surface area contributed by atoms with Crippen LogP contribution in [0.2, 0.25) is 11.1 Å². The summed E-state index contributed by atoms with van der Waals surface area (Å²) in [6.07, 6.45) is 0. The maximum Gasteiger partial charge on any atom is 0.229 e. The van der Waals surface area contributed by atoms with Crippen LogP contribution < -0.4 is 9.92 Å². The molecule has 4 heteroatoms. The molecular formula is C22H32O3Si. The number of methoxy groups -OCH3 is 1. The molecule has 0 saturated heterocycles. The minimum atomic E-state index is -2.16. The molecule has 26 heavy (non-hydrogen) atoms.